The Balaban J connectivity index is 2.04. The van der Waals surface area contributed by atoms with Gasteiger partial charge in [0.25, 0.3) is 0 Å². The first kappa shape index (κ1) is 9.38. The van der Waals surface area contributed by atoms with Gasteiger partial charge in [0.2, 0.25) is 5.95 Å². The van der Waals surface area contributed by atoms with Gasteiger partial charge in [0.1, 0.15) is 5.82 Å². The lowest BCUT2D eigenvalue weighted by atomic mass is 10.1. The highest BCUT2D eigenvalue weighted by Gasteiger charge is 2.24. The highest BCUT2D eigenvalue weighted by molar-refractivity contribution is 5.31. The molecule has 0 radical (unpaired) electrons. The number of nitrogens with one attached hydrogen (secondary N) is 1. The zero-order valence-electron chi connectivity index (χ0n) is 9.38. The smallest absolute Gasteiger partial charge is 0.221 e. The summed E-state index contributed by atoms with van der Waals surface area (Å²) in [4.78, 5) is 4.35. The van der Waals surface area contributed by atoms with E-state index >= 15 is 0 Å². The van der Waals surface area contributed by atoms with Gasteiger partial charge >= 0.3 is 0 Å². The molecule has 0 saturated carbocycles. The topological polar surface area (TPSA) is 60.6 Å². The molecule has 0 aromatic carbocycles. The first-order valence-electron chi connectivity index (χ1n) is 5.39. The predicted molar refractivity (Wildman–Crippen MR) is 59.2 cm³/mol. The van der Waals surface area contributed by atoms with E-state index in [1.54, 1.807) is 0 Å². The van der Waals surface area contributed by atoms with Gasteiger partial charge in [-0.3, -0.25) is 4.68 Å². The molecular formula is C10H14N6. The molecule has 0 amide bonds. The van der Waals surface area contributed by atoms with Crippen LogP contribution in [-0.4, -0.2) is 31.1 Å². The lowest BCUT2D eigenvalue weighted by molar-refractivity contribution is 0.478. The van der Waals surface area contributed by atoms with Crippen LogP contribution in [-0.2, 0) is 7.05 Å². The molecule has 0 saturated heterocycles. The van der Waals surface area contributed by atoms with Gasteiger partial charge in [-0.15, -0.1) is 0 Å². The van der Waals surface area contributed by atoms with Crippen LogP contribution in [0.5, 0.6) is 0 Å². The van der Waals surface area contributed by atoms with Crippen molar-refractivity contribution in [3.8, 4) is 0 Å². The average molecular weight is 218 g/mol. The monoisotopic (exact) mass is 218 g/mol. The Morgan fingerprint density at radius 1 is 1.50 bits per heavy atom. The van der Waals surface area contributed by atoms with Gasteiger partial charge in [-0.25, -0.2) is 4.68 Å². The van der Waals surface area contributed by atoms with Crippen molar-refractivity contribution < 1.29 is 0 Å². The van der Waals surface area contributed by atoms with Gasteiger partial charge < -0.3 is 5.32 Å². The molecule has 1 unspecified atom stereocenters. The second-order valence-corrected chi connectivity index (χ2v) is 4.11. The van der Waals surface area contributed by atoms with Crippen molar-refractivity contribution in [3.63, 3.8) is 0 Å². The van der Waals surface area contributed by atoms with Crippen molar-refractivity contribution >= 4 is 5.95 Å². The molecule has 0 fully saturated rings. The van der Waals surface area contributed by atoms with Gasteiger partial charge in [-0.1, -0.05) is 0 Å². The van der Waals surface area contributed by atoms with E-state index in [0.717, 1.165) is 24.7 Å². The molecule has 6 heteroatoms. The van der Waals surface area contributed by atoms with Crippen molar-refractivity contribution in [1.82, 2.24) is 24.5 Å². The maximum absolute atomic E-state index is 4.42. The molecule has 1 aliphatic heterocycles. The predicted octanol–water partition coefficient (Wildman–Crippen LogP) is 0.725. The Morgan fingerprint density at radius 3 is 3.12 bits per heavy atom. The third kappa shape index (κ3) is 1.37. The molecule has 3 rings (SSSR count). The molecule has 3 heterocycles. The zero-order valence-corrected chi connectivity index (χ0v) is 9.38. The van der Waals surface area contributed by atoms with Crippen molar-refractivity contribution in [2.45, 2.75) is 19.4 Å². The van der Waals surface area contributed by atoms with E-state index < -0.39 is 0 Å². The number of fused-ring (bicyclic) bond motifs is 1. The summed E-state index contributed by atoms with van der Waals surface area (Å²) in [5.41, 5.74) is 1.19. The van der Waals surface area contributed by atoms with Crippen LogP contribution < -0.4 is 5.32 Å². The van der Waals surface area contributed by atoms with E-state index in [4.69, 9.17) is 0 Å². The summed E-state index contributed by atoms with van der Waals surface area (Å²) in [5, 5.41) is 11.9. The summed E-state index contributed by atoms with van der Waals surface area (Å²) in [6.07, 6.45) is 4.95. The molecule has 2 aromatic rings. The number of nitrogens with zero attached hydrogens (tertiary/aromatic N) is 5. The van der Waals surface area contributed by atoms with Crippen LogP contribution in [0.3, 0.4) is 0 Å². The van der Waals surface area contributed by atoms with Crippen LogP contribution in [0.1, 0.15) is 23.9 Å². The Bertz CT molecular complexity index is 511. The van der Waals surface area contributed by atoms with Crippen LogP contribution >= 0.6 is 0 Å². The van der Waals surface area contributed by atoms with Crippen molar-refractivity contribution in [1.29, 1.82) is 0 Å². The molecule has 1 atom stereocenters. The van der Waals surface area contributed by atoms with Crippen LogP contribution in [0.4, 0.5) is 5.95 Å². The number of rotatable bonds is 1. The summed E-state index contributed by atoms with van der Waals surface area (Å²) in [7, 11) is 1.93. The molecule has 6 nitrogen and oxygen atoms in total. The molecular weight excluding hydrogens is 204 g/mol. The van der Waals surface area contributed by atoms with E-state index in [9.17, 15) is 0 Å². The number of hydrogen-bond acceptors (Lipinski definition) is 4. The van der Waals surface area contributed by atoms with Crippen molar-refractivity contribution in [2.24, 2.45) is 7.05 Å². The second-order valence-electron chi connectivity index (χ2n) is 4.11. The minimum absolute atomic E-state index is 0.256. The summed E-state index contributed by atoms with van der Waals surface area (Å²) >= 11 is 0. The van der Waals surface area contributed by atoms with E-state index in [2.05, 4.69) is 20.5 Å². The number of aromatic nitrogens is 5. The molecule has 1 N–H and O–H groups in total. The molecule has 0 spiro atoms. The Morgan fingerprint density at radius 2 is 2.38 bits per heavy atom. The normalized spacial score (nSPS) is 19.2. The van der Waals surface area contributed by atoms with Crippen LogP contribution in [0.15, 0.2) is 12.4 Å². The van der Waals surface area contributed by atoms with Crippen LogP contribution in [0.2, 0.25) is 0 Å². The lowest BCUT2D eigenvalue weighted by Gasteiger charge is -2.23. The van der Waals surface area contributed by atoms with E-state index in [-0.39, 0.29) is 6.04 Å². The maximum Gasteiger partial charge on any atom is 0.221 e. The van der Waals surface area contributed by atoms with Crippen LogP contribution in [0, 0.1) is 6.92 Å². The minimum atomic E-state index is 0.256. The summed E-state index contributed by atoms with van der Waals surface area (Å²) in [6, 6.07) is 0.256. The Kier molecular flexibility index (Phi) is 1.95. The molecule has 0 aliphatic carbocycles. The summed E-state index contributed by atoms with van der Waals surface area (Å²) in [6.45, 7) is 2.84. The third-order valence-electron chi connectivity index (χ3n) is 2.84. The van der Waals surface area contributed by atoms with Gasteiger partial charge in [0.15, 0.2) is 0 Å². The van der Waals surface area contributed by atoms with E-state index in [1.807, 2.05) is 35.7 Å². The SMILES string of the molecule is Cc1nc2n(n1)C(c1cnn(C)c1)CCN2. The average Bonchev–Trinajstić information content (AvgIpc) is 2.82. The highest BCUT2D eigenvalue weighted by Crippen LogP contribution is 2.27. The van der Waals surface area contributed by atoms with Gasteiger partial charge in [-0.2, -0.15) is 15.2 Å². The van der Waals surface area contributed by atoms with Gasteiger partial charge in [-0.05, 0) is 13.3 Å². The number of hydrogen-bond donors (Lipinski definition) is 1. The fourth-order valence-corrected chi connectivity index (χ4v) is 2.13. The molecule has 84 valence electrons. The maximum atomic E-state index is 4.42. The Hall–Kier alpha value is -1.85. The second kappa shape index (κ2) is 3.33. The van der Waals surface area contributed by atoms with Gasteiger partial charge in [0.05, 0.1) is 12.2 Å². The first-order chi connectivity index (χ1) is 7.74. The van der Waals surface area contributed by atoms with Crippen LogP contribution in [0.25, 0.3) is 0 Å². The van der Waals surface area contributed by atoms with Crippen molar-refractivity contribution in [3.05, 3.63) is 23.8 Å². The van der Waals surface area contributed by atoms with E-state index in [0.29, 0.717) is 0 Å². The molecule has 2 aromatic heterocycles. The Labute approximate surface area is 93.3 Å². The number of aryl methyl sites for hydroxylation is 2. The third-order valence-corrected chi connectivity index (χ3v) is 2.84. The molecule has 0 bridgehead atoms. The summed E-state index contributed by atoms with van der Waals surface area (Å²) < 4.78 is 3.77. The highest BCUT2D eigenvalue weighted by atomic mass is 15.4. The van der Waals surface area contributed by atoms with E-state index in [1.165, 1.54) is 5.56 Å². The quantitative estimate of drug-likeness (QED) is 0.766. The first-order valence-corrected chi connectivity index (χ1v) is 5.39. The largest absolute Gasteiger partial charge is 0.354 e. The zero-order chi connectivity index (χ0) is 11.1. The molecule has 1 aliphatic rings. The fraction of sp³-hybridized carbons (Fsp3) is 0.500. The fourth-order valence-electron chi connectivity index (χ4n) is 2.13. The standard InChI is InChI=1S/C10H14N6/c1-7-13-10-11-4-3-9(16(10)14-7)8-5-12-15(2)6-8/h5-6,9H,3-4H2,1-2H3,(H,11,13,14). The van der Waals surface area contributed by atoms with Crippen molar-refractivity contribution in [2.75, 3.05) is 11.9 Å². The molecule has 16 heavy (non-hydrogen) atoms. The lowest BCUT2D eigenvalue weighted by Crippen LogP contribution is -2.24. The number of anilines is 1. The van der Waals surface area contributed by atoms with Gasteiger partial charge in [0, 0.05) is 25.4 Å². The summed E-state index contributed by atoms with van der Waals surface area (Å²) in [5.74, 6) is 1.66. The minimum Gasteiger partial charge on any atom is -0.354 e.